The highest BCUT2D eigenvalue weighted by atomic mass is 16.5. The number of ether oxygens (including phenoxy) is 1. The van der Waals surface area contributed by atoms with Crippen molar-refractivity contribution in [3.8, 4) is 11.5 Å². The van der Waals surface area contributed by atoms with Crippen LogP contribution in [-0.4, -0.2) is 5.11 Å². The van der Waals surface area contributed by atoms with Crippen LogP contribution in [0.4, 0.5) is 0 Å². The average Bonchev–Trinajstić information content (AvgIpc) is 2.27. The van der Waals surface area contributed by atoms with Gasteiger partial charge in [-0.1, -0.05) is 6.08 Å². The van der Waals surface area contributed by atoms with Gasteiger partial charge in [-0.05, 0) is 44.2 Å². The number of hydrogen-bond donors (Lipinski definition) is 2. The van der Waals surface area contributed by atoms with Crippen LogP contribution >= 0.6 is 0 Å². The van der Waals surface area contributed by atoms with E-state index in [-0.39, 0.29) is 5.75 Å². The second kappa shape index (κ2) is 5.10. The van der Waals surface area contributed by atoms with Crippen molar-refractivity contribution < 1.29 is 9.84 Å². The Morgan fingerprint density at radius 1 is 1.20 bits per heavy atom. The Morgan fingerprint density at radius 3 is 2.27 bits per heavy atom. The monoisotopic (exact) mass is 205 g/mol. The van der Waals surface area contributed by atoms with Crippen LogP contribution < -0.4 is 10.5 Å². The predicted molar refractivity (Wildman–Crippen MR) is 60.4 cm³/mol. The molecule has 0 aliphatic rings. The van der Waals surface area contributed by atoms with Gasteiger partial charge in [0.25, 0.3) is 0 Å². The van der Waals surface area contributed by atoms with Gasteiger partial charge in [0.05, 0.1) is 5.70 Å². The SMILES string of the molecule is C/C=C(N)\C(=C/C)Oc1ccc(O)cc1. The zero-order valence-corrected chi connectivity index (χ0v) is 8.90. The van der Waals surface area contributed by atoms with Gasteiger partial charge in [0.15, 0.2) is 0 Å². The highest BCUT2D eigenvalue weighted by molar-refractivity contribution is 5.34. The molecule has 0 fully saturated rings. The van der Waals surface area contributed by atoms with Gasteiger partial charge >= 0.3 is 0 Å². The van der Waals surface area contributed by atoms with Crippen LogP contribution in [0.25, 0.3) is 0 Å². The van der Waals surface area contributed by atoms with Gasteiger partial charge < -0.3 is 15.6 Å². The second-order valence-electron chi connectivity index (χ2n) is 2.99. The Kier molecular flexibility index (Phi) is 3.80. The lowest BCUT2D eigenvalue weighted by molar-refractivity contribution is 0.430. The van der Waals surface area contributed by atoms with E-state index in [0.29, 0.717) is 17.2 Å². The Morgan fingerprint density at radius 2 is 1.80 bits per heavy atom. The summed E-state index contributed by atoms with van der Waals surface area (Å²) in [5.41, 5.74) is 6.31. The summed E-state index contributed by atoms with van der Waals surface area (Å²) in [6.07, 6.45) is 3.57. The summed E-state index contributed by atoms with van der Waals surface area (Å²) in [6, 6.07) is 6.49. The van der Waals surface area contributed by atoms with Crippen molar-refractivity contribution >= 4 is 0 Å². The first kappa shape index (κ1) is 11.2. The summed E-state index contributed by atoms with van der Waals surface area (Å²) >= 11 is 0. The number of aromatic hydroxyl groups is 1. The lowest BCUT2D eigenvalue weighted by atomic mass is 10.3. The molecule has 0 atom stereocenters. The van der Waals surface area contributed by atoms with Crippen molar-refractivity contribution in [3.05, 3.63) is 47.9 Å². The van der Waals surface area contributed by atoms with E-state index in [9.17, 15) is 0 Å². The molecule has 0 spiro atoms. The van der Waals surface area contributed by atoms with Crippen LogP contribution in [0.15, 0.2) is 47.9 Å². The minimum atomic E-state index is 0.211. The van der Waals surface area contributed by atoms with Gasteiger partial charge in [-0.3, -0.25) is 0 Å². The largest absolute Gasteiger partial charge is 0.508 e. The fourth-order valence-electron chi connectivity index (χ4n) is 1.07. The van der Waals surface area contributed by atoms with E-state index in [4.69, 9.17) is 15.6 Å². The molecule has 1 aromatic carbocycles. The number of hydrogen-bond acceptors (Lipinski definition) is 3. The standard InChI is InChI=1S/C12H15NO2/c1-3-11(13)12(4-2)15-10-7-5-9(14)6-8-10/h3-8,14H,13H2,1-2H3/b11-3+,12-4+. The van der Waals surface area contributed by atoms with Crippen molar-refractivity contribution in [3.63, 3.8) is 0 Å². The first-order chi connectivity index (χ1) is 7.17. The molecule has 0 bridgehead atoms. The van der Waals surface area contributed by atoms with Gasteiger partial charge in [-0.2, -0.15) is 0 Å². The number of rotatable bonds is 3. The van der Waals surface area contributed by atoms with Crippen LogP contribution in [0.5, 0.6) is 11.5 Å². The number of phenols is 1. The highest BCUT2D eigenvalue weighted by Gasteiger charge is 2.02. The van der Waals surface area contributed by atoms with Crippen molar-refractivity contribution in [2.45, 2.75) is 13.8 Å². The van der Waals surface area contributed by atoms with E-state index in [2.05, 4.69) is 0 Å². The third-order valence-electron chi connectivity index (χ3n) is 1.92. The zero-order valence-electron chi connectivity index (χ0n) is 8.90. The van der Waals surface area contributed by atoms with Gasteiger partial charge in [0.2, 0.25) is 0 Å². The van der Waals surface area contributed by atoms with Crippen LogP contribution in [0, 0.1) is 0 Å². The number of allylic oxidation sites excluding steroid dienone is 2. The Hall–Kier alpha value is -1.90. The highest BCUT2D eigenvalue weighted by Crippen LogP contribution is 2.19. The first-order valence-electron chi connectivity index (χ1n) is 4.72. The molecule has 0 saturated heterocycles. The fraction of sp³-hybridized carbons (Fsp3) is 0.167. The summed E-state index contributed by atoms with van der Waals surface area (Å²) in [5.74, 6) is 1.47. The smallest absolute Gasteiger partial charge is 0.145 e. The van der Waals surface area contributed by atoms with Gasteiger partial charge in [-0.25, -0.2) is 0 Å². The Labute approximate surface area is 89.5 Å². The summed E-state index contributed by atoms with van der Waals surface area (Å²) < 4.78 is 5.53. The van der Waals surface area contributed by atoms with Gasteiger partial charge in [0.1, 0.15) is 17.3 Å². The van der Waals surface area contributed by atoms with E-state index < -0.39 is 0 Å². The summed E-state index contributed by atoms with van der Waals surface area (Å²) in [7, 11) is 0. The molecule has 3 heteroatoms. The van der Waals surface area contributed by atoms with Crippen LogP contribution in [0.2, 0.25) is 0 Å². The van der Waals surface area contributed by atoms with Crippen molar-refractivity contribution in [1.82, 2.24) is 0 Å². The van der Waals surface area contributed by atoms with Crippen LogP contribution in [-0.2, 0) is 0 Å². The molecular formula is C12H15NO2. The molecule has 0 amide bonds. The molecule has 1 rings (SSSR count). The number of benzene rings is 1. The number of nitrogens with two attached hydrogens (primary N) is 1. The topological polar surface area (TPSA) is 55.5 Å². The van der Waals surface area contributed by atoms with E-state index in [1.165, 1.54) is 0 Å². The predicted octanol–water partition coefficient (Wildman–Crippen LogP) is 2.54. The molecule has 0 aliphatic heterocycles. The molecule has 3 nitrogen and oxygen atoms in total. The normalized spacial score (nSPS) is 12.7. The zero-order chi connectivity index (χ0) is 11.3. The third kappa shape index (κ3) is 3.06. The van der Waals surface area contributed by atoms with Crippen molar-refractivity contribution in [1.29, 1.82) is 0 Å². The fourth-order valence-corrected chi connectivity index (χ4v) is 1.07. The van der Waals surface area contributed by atoms with Crippen molar-refractivity contribution in [2.24, 2.45) is 5.73 Å². The molecule has 0 saturated carbocycles. The first-order valence-corrected chi connectivity index (χ1v) is 4.72. The van der Waals surface area contributed by atoms with E-state index in [0.717, 1.165) is 0 Å². The molecule has 0 heterocycles. The molecule has 0 aromatic heterocycles. The molecule has 80 valence electrons. The Bertz CT molecular complexity index is 377. The van der Waals surface area contributed by atoms with E-state index in [1.807, 2.05) is 13.8 Å². The minimum absolute atomic E-state index is 0.211. The molecule has 0 radical (unpaired) electrons. The van der Waals surface area contributed by atoms with E-state index in [1.54, 1.807) is 36.4 Å². The molecule has 1 aromatic rings. The maximum atomic E-state index is 9.10. The van der Waals surface area contributed by atoms with Crippen molar-refractivity contribution in [2.75, 3.05) is 0 Å². The van der Waals surface area contributed by atoms with Gasteiger partial charge in [-0.15, -0.1) is 0 Å². The molecule has 3 N–H and O–H groups in total. The molecule has 0 aliphatic carbocycles. The van der Waals surface area contributed by atoms with Gasteiger partial charge in [0, 0.05) is 0 Å². The maximum absolute atomic E-state index is 9.10. The lowest BCUT2D eigenvalue weighted by Crippen LogP contribution is -2.06. The summed E-state index contributed by atoms with van der Waals surface area (Å²) in [6.45, 7) is 3.70. The summed E-state index contributed by atoms with van der Waals surface area (Å²) in [5, 5.41) is 9.10. The Balaban J connectivity index is 2.81. The summed E-state index contributed by atoms with van der Waals surface area (Å²) in [4.78, 5) is 0. The minimum Gasteiger partial charge on any atom is -0.508 e. The van der Waals surface area contributed by atoms with Crippen LogP contribution in [0.3, 0.4) is 0 Å². The number of phenolic OH excluding ortho intramolecular Hbond substituents is 1. The third-order valence-corrected chi connectivity index (χ3v) is 1.92. The maximum Gasteiger partial charge on any atom is 0.145 e. The quantitative estimate of drug-likeness (QED) is 0.589. The average molecular weight is 205 g/mol. The lowest BCUT2D eigenvalue weighted by Gasteiger charge is -2.09. The van der Waals surface area contributed by atoms with E-state index >= 15 is 0 Å². The molecular weight excluding hydrogens is 190 g/mol. The molecule has 0 unspecified atom stereocenters. The second-order valence-corrected chi connectivity index (χ2v) is 2.99. The van der Waals surface area contributed by atoms with Crippen LogP contribution in [0.1, 0.15) is 13.8 Å². The molecule has 15 heavy (non-hydrogen) atoms.